The van der Waals surface area contributed by atoms with E-state index in [2.05, 4.69) is 29.2 Å². The summed E-state index contributed by atoms with van der Waals surface area (Å²) in [6, 6.07) is 18.9. The first-order valence-corrected chi connectivity index (χ1v) is 11.3. The van der Waals surface area contributed by atoms with Crippen LogP contribution in [0.1, 0.15) is 22.3 Å². The van der Waals surface area contributed by atoms with Crippen molar-refractivity contribution in [3.8, 4) is 16.9 Å². The highest BCUT2D eigenvalue weighted by Crippen LogP contribution is 2.35. The van der Waals surface area contributed by atoms with Crippen LogP contribution in [0.5, 0.6) is 5.75 Å². The van der Waals surface area contributed by atoms with Gasteiger partial charge < -0.3 is 9.64 Å². The van der Waals surface area contributed by atoms with Crippen molar-refractivity contribution in [1.29, 1.82) is 0 Å². The van der Waals surface area contributed by atoms with Gasteiger partial charge in [-0.3, -0.25) is 9.69 Å². The van der Waals surface area contributed by atoms with Crippen LogP contribution < -0.4 is 4.74 Å². The summed E-state index contributed by atoms with van der Waals surface area (Å²) in [6.07, 6.45) is 1.88. The molecule has 33 heavy (non-hydrogen) atoms. The molecule has 0 saturated carbocycles. The second-order valence-corrected chi connectivity index (χ2v) is 8.82. The lowest BCUT2D eigenvalue weighted by molar-refractivity contribution is 0.0682. The van der Waals surface area contributed by atoms with Crippen LogP contribution in [0.4, 0.5) is 8.78 Å². The van der Waals surface area contributed by atoms with Crippen molar-refractivity contribution in [2.24, 2.45) is 0 Å². The molecule has 0 unspecified atom stereocenters. The maximum Gasteiger partial charge on any atom is 0.257 e. The summed E-state index contributed by atoms with van der Waals surface area (Å²) in [4.78, 5) is 17.3. The number of fused-ring (bicyclic) bond motifs is 2. The normalized spacial score (nSPS) is 20.2. The number of likely N-dealkylation sites (tertiary alicyclic amines) is 1. The van der Waals surface area contributed by atoms with Gasteiger partial charge in [0.25, 0.3) is 5.91 Å². The Bertz CT molecular complexity index is 1170. The van der Waals surface area contributed by atoms with E-state index in [0.29, 0.717) is 16.9 Å². The molecule has 3 aromatic rings. The topological polar surface area (TPSA) is 32.8 Å². The number of halogens is 2. The van der Waals surface area contributed by atoms with Crippen LogP contribution >= 0.6 is 0 Å². The third kappa shape index (κ3) is 4.35. The van der Waals surface area contributed by atoms with Crippen LogP contribution in [0.15, 0.2) is 66.7 Å². The Kier molecular flexibility index (Phi) is 5.85. The fourth-order valence-electron chi connectivity index (χ4n) is 4.85. The number of carbonyl (C=O) groups is 1. The Morgan fingerprint density at radius 2 is 1.76 bits per heavy atom. The first kappa shape index (κ1) is 21.6. The van der Waals surface area contributed by atoms with Gasteiger partial charge in [0.05, 0.1) is 11.6 Å². The zero-order valence-electron chi connectivity index (χ0n) is 18.5. The second kappa shape index (κ2) is 8.94. The molecule has 1 amide bonds. The first-order valence-electron chi connectivity index (χ1n) is 11.3. The number of amides is 1. The van der Waals surface area contributed by atoms with Crippen LogP contribution in [-0.2, 0) is 6.42 Å². The number of benzene rings is 3. The number of nitrogens with zero attached hydrogens (tertiary/aromatic N) is 2. The molecule has 0 N–H and O–H groups in total. The van der Waals surface area contributed by atoms with E-state index in [9.17, 15) is 13.6 Å². The molecule has 3 aromatic carbocycles. The standard InChI is InChI=1S/C27H26F2N2O2/c1-30-24-16-31(13-5-8-18-6-3-2-4-7-18)17-26(24)33-25-14-19(9-11-22(25)27(30)32)21-12-10-20(28)15-23(21)29/h2-4,6-7,9-12,14-15,24,26H,5,8,13,16-17H2,1H3/t24-,26+/m1/s1. The summed E-state index contributed by atoms with van der Waals surface area (Å²) >= 11 is 0. The average Bonchev–Trinajstić information content (AvgIpc) is 3.17. The van der Waals surface area contributed by atoms with E-state index in [1.54, 1.807) is 23.1 Å². The van der Waals surface area contributed by atoms with E-state index < -0.39 is 11.6 Å². The van der Waals surface area contributed by atoms with Crippen molar-refractivity contribution in [2.45, 2.75) is 25.0 Å². The zero-order chi connectivity index (χ0) is 22.9. The quantitative estimate of drug-likeness (QED) is 0.563. The predicted molar refractivity (Wildman–Crippen MR) is 123 cm³/mol. The Morgan fingerprint density at radius 1 is 0.970 bits per heavy atom. The zero-order valence-corrected chi connectivity index (χ0v) is 18.5. The van der Waals surface area contributed by atoms with Gasteiger partial charge in [-0.05, 0) is 54.8 Å². The fourth-order valence-corrected chi connectivity index (χ4v) is 4.85. The molecule has 0 aromatic heterocycles. The lowest BCUT2D eigenvalue weighted by Gasteiger charge is -2.25. The molecule has 0 spiro atoms. The van der Waals surface area contributed by atoms with Crippen molar-refractivity contribution in [1.82, 2.24) is 9.80 Å². The molecule has 2 atom stereocenters. The fraction of sp³-hybridized carbons (Fsp3) is 0.296. The Morgan fingerprint density at radius 3 is 2.55 bits per heavy atom. The summed E-state index contributed by atoms with van der Waals surface area (Å²) in [5.41, 5.74) is 2.62. The van der Waals surface area contributed by atoms with Crippen LogP contribution in [0.3, 0.4) is 0 Å². The Balaban J connectivity index is 1.33. The maximum atomic E-state index is 14.3. The lowest BCUT2D eigenvalue weighted by Crippen LogP contribution is -2.44. The van der Waals surface area contributed by atoms with Gasteiger partial charge in [0.2, 0.25) is 0 Å². The minimum atomic E-state index is -0.643. The number of hydrogen-bond donors (Lipinski definition) is 0. The molecule has 2 aliphatic heterocycles. The molecule has 0 bridgehead atoms. The van der Waals surface area contributed by atoms with Crippen LogP contribution in [0.2, 0.25) is 0 Å². The highest BCUT2D eigenvalue weighted by molar-refractivity contribution is 5.98. The van der Waals surface area contributed by atoms with Crippen LogP contribution in [0, 0.1) is 11.6 Å². The van der Waals surface area contributed by atoms with Crippen molar-refractivity contribution in [3.05, 3.63) is 89.5 Å². The first-order chi connectivity index (χ1) is 16.0. The van der Waals surface area contributed by atoms with Gasteiger partial charge in [-0.1, -0.05) is 36.4 Å². The van der Waals surface area contributed by atoms with Gasteiger partial charge >= 0.3 is 0 Å². The molecule has 170 valence electrons. The molecular formula is C27H26F2N2O2. The summed E-state index contributed by atoms with van der Waals surface area (Å²) < 4.78 is 34.0. The molecule has 4 nitrogen and oxygen atoms in total. The predicted octanol–water partition coefficient (Wildman–Crippen LogP) is 4.78. The van der Waals surface area contributed by atoms with E-state index in [0.717, 1.165) is 38.5 Å². The van der Waals surface area contributed by atoms with Gasteiger partial charge in [0, 0.05) is 31.8 Å². The van der Waals surface area contributed by atoms with Gasteiger partial charge in [0.15, 0.2) is 0 Å². The highest BCUT2D eigenvalue weighted by Gasteiger charge is 2.42. The van der Waals surface area contributed by atoms with E-state index in [1.807, 2.05) is 13.1 Å². The van der Waals surface area contributed by atoms with Crippen molar-refractivity contribution < 1.29 is 18.3 Å². The van der Waals surface area contributed by atoms with Crippen molar-refractivity contribution in [2.75, 3.05) is 26.7 Å². The number of aryl methyl sites for hydroxylation is 1. The monoisotopic (exact) mass is 448 g/mol. The second-order valence-electron chi connectivity index (χ2n) is 8.82. The minimum Gasteiger partial charge on any atom is -0.486 e. The van der Waals surface area contributed by atoms with E-state index in [-0.39, 0.29) is 23.6 Å². The Hall–Kier alpha value is -3.25. The third-order valence-electron chi connectivity index (χ3n) is 6.65. The van der Waals surface area contributed by atoms with Crippen molar-refractivity contribution >= 4 is 5.91 Å². The molecule has 1 fully saturated rings. The molecule has 2 heterocycles. The van der Waals surface area contributed by atoms with Gasteiger partial charge in [-0.2, -0.15) is 0 Å². The molecule has 1 saturated heterocycles. The maximum absolute atomic E-state index is 14.3. The number of ether oxygens (including phenoxy) is 1. The average molecular weight is 449 g/mol. The largest absolute Gasteiger partial charge is 0.486 e. The molecule has 6 heteroatoms. The Labute approximate surface area is 192 Å². The van der Waals surface area contributed by atoms with Crippen LogP contribution in [0.25, 0.3) is 11.1 Å². The number of carbonyl (C=O) groups excluding carboxylic acids is 1. The summed E-state index contributed by atoms with van der Waals surface area (Å²) in [7, 11) is 1.82. The molecule has 0 radical (unpaired) electrons. The van der Waals surface area contributed by atoms with Crippen molar-refractivity contribution in [3.63, 3.8) is 0 Å². The summed E-state index contributed by atoms with van der Waals surface area (Å²) in [6.45, 7) is 2.42. The van der Waals surface area contributed by atoms with E-state index >= 15 is 0 Å². The smallest absolute Gasteiger partial charge is 0.257 e. The molecular weight excluding hydrogens is 422 g/mol. The minimum absolute atomic E-state index is 0.0485. The number of hydrogen-bond acceptors (Lipinski definition) is 3. The summed E-state index contributed by atoms with van der Waals surface area (Å²) in [5, 5.41) is 0. The van der Waals surface area contributed by atoms with Gasteiger partial charge in [-0.25, -0.2) is 8.78 Å². The number of likely N-dealkylation sites (N-methyl/N-ethyl adjacent to an activating group) is 1. The van der Waals surface area contributed by atoms with E-state index in [4.69, 9.17) is 4.74 Å². The lowest BCUT2D eigenvalue weighted by atomic mass is 10.0. The van der Waals surface area contributed by atoms with E-state index in [1.165, 1.54) is 17.7 Å². The molecule has 2 aliphatic rings. The third-order valence-corrected chi connectivity index (χ3v) is 6.65. The molecule has 5 rings (SSSR count). The van der Waals surface area contributed by atoms with Crippen LogP contribution in [-0.4, -0.2) is 54.5 Å². The van der Waals surface area contributed by atoms with Gasteiger partial charge in [0.1, 0.15) is 23.5 Å². The number of rotatable bonds is 5. The molecule has 0 aliphatic carbocycles. The summed E-state index contributed by atoms with van der Waals surface area (Å²) in [5.74, 6) is -0.919. The highest BCUT2D eigenvalue weighted by atomic mass is 19.1. The SMILES string of the molecule is CN1C(=O)c2ccc(-c3ccc(F)cc3F)cc2O[C@H]2CN(CCCc3ccccc3)C[C@H]21. The van der Waals surface area contributed by atoms with Gasteiger partial charge in [-0.15, -0.1) is 0 Å².